The summed E-state index contributed by atoms with van der Waals surface area (Å²) in [5, 5.41) is 12.6. The highest BCUT2D eigenvalue weighted by molar-refractivity contribution is 5.79. The van der Waals surface area contributed by atoms with Crippen molar-refractivity contribution in [1.29, 1.82) is 0 Å². The van der Waals surface area contributed by atoms with Gasteiger partial charge in [0.15, 0.2) is 0 Å². The first kappa shape index (κ1) is 24.5. The first-order valence-corrected chi connectivity index (χ1v) is 11.9. The maximum absolute atomic E-state index is 13.5. The van der Waals surface area contributed by atoms with Gasteiger partial charge in [-0.2, -0.15) is 0 Å². The minimum atomic E-state index is -0.338. The lowest BCUT2D eigenvalue weighted by atomic mass is 9.88. The Balaban J connectivity index is 1.34. The summed E-state index contributed by atoms with van der Waals surface area (Å²) >= 11 is 0. The zero-order chi connectivity index (χ0) is 24.5. The number of likely N-dealkylation sites (tertiary alicyclic amines) is 1. The van der Waals surface area contributed by atoms with E-state index < -0.39 is 0 Å². The second-order valence-corrected chi connectivity index (χ2v) is 8.88. The van der Waals surface area contributed by atoms with E-state index in [1.165, 1.54) is 12.1 Å². The number of phenols is 1. The number of amides is 1. The third kappa shape index (κ3) is 7.72. The van der Waals surface area contributed by atoms with Gasteiger partial charge in [-0.1, -0.05) is 36.4 Å². The van der Waals surface area contributed by atoms with Crippen molar-refractivity contribution in [2.75, 3.05) is 32.8 Å². The molecule has 1 aliphatic rings. The van der Waals surface area contributed by atoms with Crippen LogP contribution >= 0.6 is 0 Å². The Morgan fingerprint density at radius 1 is 0.971 bits per heavy atom. The number of hydrogen-bond acceptors (Lipinski definition) is 5. The van der Waals surface area contributed by atoms with Crippen molar-refractivity contribution in [2.24, 2.45) is 11.8 Å². The van der Waals surface area contributed by atoms with E-state index in [1.807, 2.05) is 42.5 Å². The van der Waals surface area contributed by atoms with Crippen molar-refractivity contribution in [3.8, 4) is 17.2 Å². The predicted octanol–water partition coefficient (Wildman–Crippen LogP) is 4.24. The van der Waals surface area contributed by atoms with Crippen LogP contribution in [0.5, 0.6) is 17.2 Å². The molecule has 1 saturated heterocycles. The maximum atomic E-state index is 13.5. The Hall–Kier alpha value is -3.58. The number of nitrogens with one attached hydrogen (secondary N) is 1. The summed E-state index contributed by atoms with van der Waals surface area (Å²) in [4.78, 5) is 15.2. The van der Waals surface area contributed by atoms with E-state index in [0.717, 1.165) is 17.9 Å². The van der Waals surface area contributed by atoms with Gasteiger partial charge in [0.25, 0.3) is 0 Å². The summed E-state index contributed by atoms with van der Waals surface area (Å²) < 4.78 is 25.1. The molecule has 0 radical (unpaired) electrons. The lowest BCUT2D eigenvalue weighted by Crippen LogP contribution is -2.47. The standard InChI is InChI=1S/C28H31FN2O4/c29-24-5-4-8-27(16-24)35-20-22-15-23(19-31(18-22)17-21-9-11-25(32)12-10-21)28(33)30-13-14-34-26-6-2-1-3-7-26/h1-12,16,22-23,32H,13-15,17-20H2,(H,30,33)/t22-,23+/m0/s1. The zero-order valence-corrected chi connectivity index (χ0v) is 19.6. The van der Waals surface area contributed by atoms with Crippen LogP contribution in [0, 0.1) is 17.7 Å². The summed E-state index contributed by atoms with van der Waals surface area (Å²) in [7, 11) is 0. The van der Waals surface area contributed by atoms with Crippen molar-refractivity contribution in [3.05, 3.63) is 90.2 Å². The van der Waals surface area contributed by atoms with Gasteiger partial charge in [-0.15, -0.1) is 0 Å². The van der Waals surface area contributed by atoms with E-state index in [-0.39, 0.29) is 29.3 Å². The molecule has 0 unspecified atom stereocenters. The molecule has 3 aromatic carbocycles. The Bertz CT molecular complexity index is 1080. The highest BCUT2D eigenvalue weighted by atomic mass is 19.1. The van der Waals surface area contributed by atoms with Crippen LogP contribution in [0.2, 0.25) is 0 Å². The topological polar surface area (TPSA) is 71.0 Å². The van der Waals surface area contributed by atoms with Crippen LogP contribution in [0.3, 0.4) is 0 Å². The highest BCUT2D eigenvalue weighted by Crippen LogP contribution is 2.25. The van der Waals surface area contributed by atoms with Crippen molar-refractivity contribution >= 4 is 5.91 Å². The van der Waals surface area contributed by atoms with Crippen LogP contribution in [0.15, 0.2) is 78.9 Å². The quantitative estimate of drug-likeness (QED) is 0.427. The Labute approximate surface area is 205 Å². The minimum Gasteiger partial charge on any atom is -0.508 e. The highest BCUT2D eigenvalue weighted by Gasteiger charge is 2.32. The van der Waals surface area contributed by atoms with Crippen molar-refractivity contribution in [2.45, 2.75) is 13.0 Å². The number of rotatable bonds is 10. The molecular formula is C28H31FN2O4. The van der Waals surface area contributed by atoms with E-state index in [9.17, 15) is 14.3 Å². The van der Waals surface area contributed by atoms with Crippen LogP contribution < -0.4 is 14.8 Å². The van der Waals surface area contributed by atoms with Gasteiger partial charge in [0.05, 0.1) is 19.1 Å². The fourth-order valence-electron chi connectivity index (χ4n) is 4.38. The Morgan fingerprint density at radius 2 is 1.74 bits per heavy atom. The van der Waals surface area contributed by atoms with Crippen LogP contribution in [0.1, 0.15) is 12.0 Å². The van der Waals surface area contributed by atoms with Crippen LogP contribution in [0.4, 0.5) is 4.39 Å². The van der Waals surface area contributed by atoms with Gasteiger partial charge in [0.2, 0.25) is 5.91 Å². The number of aromatic hydroxyl groups is 1. The number of phenolic OH excluding ortho intramolecular Hbond substituents is 1. The van der Waals surface area contributed by atoms with Crippen LogP contribution in [-0.2, 0) is 11.3 Å². The first-order chi connectivity index (χ1) is 17.0. The fraction of sp³-hybridized carbons (Fsp3) is 0.321. The maximum Gasteiger partial charge on any atom is 0.224 e. The number of carbonyl (C=O) groups excluding carboxylic acids is 1. The van der Waals surface area contributed by atoms with Gasteiger partial charge in [0.1, 0.15) is 29.7 Å². The number of halogens is 1. The average Bonchev–Trinajstić information content (AvgIpc) is 2.87. The lowest BCUT2D eigenvalue weighted by Gasteiger charge is -2.37. The molecule has 0 saturated carbocycles. The predicted molar refractivity (Wildman–Crippen MR) is 132 cm³/mol. The number of piperidine rings is 1. The van der Waals surface area contributed by atoms with Crippen LogP contribution in [-0.4, -0.2) is 48.8 Å². The lowest BCUT2D eigenvalue weighted by molar-refractivity contribution is -0.127. The molecule has 0 bridgehead atoms. The molecule has 184 valence electrons. The molecule has 0 aliphatic carbocycles. The Morgan fingerprint density at radius 3 is 2.51 bits per heavy atom. The molecule has 0 spiro atoms. The number of benzene rings is 3. The molecular weight excluding hydrogens is 447 g/mol. The molecule has 1 heterocycles. The molecule has 4 rings (SSSR count). The van der Waals surface area contributed by atoms with Gasteiger partial charge in [-0.25, -0.2) is 4.39 Å². The molecule has 1 aliphatic heterocycles. The molecule has 0 aromatic heterocycles. The largest absolute Gasteiger partial charge is 0.508 e. The summed E-state index contributed by atoms with van der Waals surface area (Å²) in [6.07, 6.45) is 0.687. The van der Waals surface area contributed by atoms with E-state index in [1.54, 1.807) is 24.3 Å². The van der Waals surface area contributed by atoms with E-state index in [0.29, 0.717) is 45.0 Å². The van der Waals surface area contributed by atoms with Gasteiger partial charge in [-0.3, -0.25) is 9.69 Å². The third-order valence-corrected chi connectivity index (χ3v) is 6.02. The molecule has 2 atom stereocenters. The molecule has 2 N–H and O–H groups in total. The van der Waals surface area contributed by atoms with Crippen molar-refractivity contribution in [3.63, 3.8) is 0 Å². The number of carbonyl (C=O) groups is 1. The van der Waals surface area contributed by atoms with Crippen molar-refractivity contribution < 1.29 is 23.8 Å². The molecule has 35 heavy (non-hydrogen) atoms. The molecule has 3 aromatic rings. The summed E-state index contributed by atoms with van der Waals surface area (Å²) in [6, 6.07) is 22.7. The first-order valence-electron chi connectivity index (χ1n) is 11.9. The van der Waals surface area contributed by atoms with E-state index in [2.05, 4.69) is 10.2 Å². The second-order valence-electron chi connectivity index (χ2n) is 8.88. The SMILES string of the molecule is O=C(NCCOc1ccccc1)[C@@H]1C[C@H](COc2cccc(F)c2)CN(Cc2ccc(O)cc2)C1. The molecule has 6 nitrogen and oxygen atoms in total. The van der Waals surface area contributed by atoms with Gasteiger partial charge < -0.3 is 19.9 Å². The molecule has 7 heteroatoms. The monoisotopic (exact) mass is 478 g/mol. The minimum absolute atomic E-state index is 0.00665. The van der Waals surface area contributed by atoms with E-state index in [4.69, 9.17) is 9.47 Å². The van der Waals surface area contributed by atoms with Gasteiger partial charge in [0, 0.05) is 31.6 Å². The molecule has 1 amide bonds. The van der Waals surface area contributed by atoms with E-state index >= 15 is 0 Å². The summed E-state index contributed by atoms with van der Waals surface area (Å²) in [6.45, 7) is 3.27. The summed E-state index contributed by atoms with van der Waals surface area (Å²) in [5.74, 6) is 1.06. The normalized spacial score (nSPS) is 18.1. The molecule has 1 fully saturated rings. The number of nitrogens with zero attached hydrogens (tertiary/aromatic N) is 1. The van der Waals surface area contributed by atoms with Gasteiger partial charge in [-0.05, 0) is 48.4 Å². The zero-order valence-electron chi connectivity index (χ0n) is 19.6. The van der Waals surface area contributed by atoms with Gasteiger partial charge >= 0.3 is 0 Å². The fourth-order valence-corrected chi connectivity index (χ4v) is 4.38. The second kappa shape index (κ2) is 12.2. The number of ether oxygens (including phenoxy) is 2. The smallest absolute Gasteiger partial charge is 0.224 e. The number of hydrogen-bond donors (Lipinski definition) is 2. The van der Waals surface area contributed by atoms with Crippen molar-refractivity contribution in [1.82, 2.24) is 10.2 Å². The van der Waals surface area contributed by atoms with Crippen LogP contribution in [0.25, 0.3) is 0 Å². The Kier molecular flexibility index (Phi) is 8.57. The third-order valence-electron chi connectivity index (χ3n) is 6.02. The number of para-hydroxylation sites is 1. The summed E-state index contributed by atoms with van der Waals surface area (Å²) in [5.41, 5.74) is 1.06. The average molecular weight is 479 g/mol.